The molecule has 0 bridgehead atoms. The van der Waals surface area contributed by atoms with E-state index in [4.69, 9.17) is 4.74 Å². The Morgan fingerprint density at radius 3 is 2.40 bits per heavy atom. The Hall–Kier alpha value is -4.15. The number of carbonyl (C=O) groups excluding carboxylic acids is 2. The maximum absolute atomic E-state index is 13.3. The molecule has 0 saturated heterocycles. The summed E-state index contributed by atoms with van der Waals surface area (Å²) in [6.45, 7) is -0.682. The Bertz CT molecular complexity index is 1320. The van der Waals surface area contributed by atoms with E-state index in [-0.39, 0.29) is 11.6 Å². The summed E-state index contributed by atoms with van der Waals surface area (Å²) in [7, 11) is 1.48. The van der Waals surface area contributed by atoms with Crippen molar-refractivity contribution in [1.29, 1.82) is 0 Å². The average Bonchev–Trinajstić information content (AvgIpc) is 3.66. The number of alkyl halides is 3. The molecule has 2 amide bonds. The summed E-state index contributed by atoms with van der Waals surface area (Å²) in [5, 5.41) is 9.19. The fourth-order valence-electron chi connectivity index (χ4n) is 3.44. The van der Waals surface area contributed by atoms with E-state index >= 15 is 0 Å². The van der Waals surface area contributed by atoms with Crippen molar-refractivity contribution in [1.82, 2.24) is 9.78 Å². The number of carbonyl (C=O) groups is 2. The van der Waals surface area contributed by atoms with Crippen LogP contribution in [-0.2, 0) is 17.5 Å². The van der Waals surface area contributed by atoms with E-state index in [1.807, 2.05) is 0 Å². The number of methoxy groups -OCH3 is 1. The zero-order valence-corrected chi connectivity index (χ0v) is 18.6. The van der Waals surface area contributed by atoms with Crippen LogP contribution < -0.4 is 20.9 Å². The predicted octanol–water partition coefficient (Wildman–Crippen LogP) is 4.04. The van der Waals surface area contributed by atoms with E-state index in [2.05, 4.69) is 15.7 Å². The quantitative estimate of drug-likeness (QED) is 0.525. The largest absolute Gasteiger partial charge is 0.495 e. The van der Waals surface area contributed by atoms with Gasteiger partial charge in [0, 0.05) is 17.2 Å². The van der Waals surface area contributed by atoms with Crippen LogP contribution >= 0.6 is 0 Å². The molecule has 3 aromatic rings. The van der Waals surface area contributed by atoms with Gasteiger partial charge in [0.15, 0.2) is 0 Å². The maximum atomic E-state index is 13.3. The third-order valence-corrected chi connectivity index (χ3v) is 5.37. The topological polar surface area (TPSA) is 102 Å². The lowest BCUT2D eigenvalue weighted by atomic mass is 10.2. The van der Waals surface area contributed by atoms with Crippen molar-refractivity contribution in [3.8, 4) is 5.75 Å². The van der Waals surface area contributed by atoms with E-state index in [1.54, 1.807) is 24.3 Å². The Kier molecular flexibility index (Phi) is 6.59. The summed E-state index contributed by atoms with van der Waals surface area (Å²) in [6, 6.07) is 13.5. The third-order valence-electron chi connectivity index (χ3n) is 5.37. The Morgan fingerprint density at radius 2 is 1.77 bits per heavy atom. The molecule has 4 rings (SSSR count). The van der Waals surface area contributed by atoms with Gasteiger partial charge in [-0.05, 0) is 55.3 Å². The third kappa shape index (κ3) is 5.68. The van der Waals surface area contributed by atoms with Gasteiger partial charge in [-0.3, -0.25) is 14.4 Å². The molecule has 35 heavy (non-hydrogen) atoms. The first kappa shape index (κ1) is 24.0. The Balaban J connectivity index is 1.44. The second kappa shape index (κ2) is 9.61. The molecule has 2 aromatic carbocycles. The normalized spacial score (nSPS) is 13.3. The minimum Gasteiger partial charge on any atom is -0.495 e. The minimum absolute atomic E-state index is 0.138. The van der Waals surface area contributed by atoms with Crippen molar-refractivity contribution in [3.05, 3.63) is 81.8 Å². The van der Waals surface area contributed by atoms with Crippen LogP contribution in [0.3, 0.4) is 0 Å². The van der Waals surface area contributed by atoms with Crippen molar-refractivity contribution in [2.45, 2.75) is 31.5 Å². The maximum Gasteiger partial charge on any atom is 0.421 e. The van der Waals surface area contributed by atoms with Crippen LogP contribution in [-0.4, -0.2) is 28.7 Å². The molecule has 0 unspecified atom stereocenters. The first-order valence-electron chi connectivity index (χ1n) is 10.7. The van der Waals surface area contributed by atoms with Crippen LogP contribution in [0, 0.1) is 0 Å². The molecule has 1 aromatic heterocycles. The van der Waals surface area contributed by atoms with Crippen molar-refractivity contribution < 1.29 is 27.5 Å². The van der Waals surface area contributed by atoms with Crippen LogP contribution in [0.15, 0.2) is 59.4 Å². The van der Waals surface area contributed by atoms with Gasteiger partial charge in [-0.2, -0.15) is 18.3 Å². The zero-order chi connectivity index (χ0) is 25.2. The lowest BCUT2D eigenvalue weighted by molar-refractivity contribution is -0.139. The predicted molar refractivity (Wildman–Crippen MR) is 121 cm³/mol. The highest BCUT2D eigenvalue weighted by molar-refractivity contribution is 6.05. The monoisotopic (exact) mass is 486 g/mol. The van der Waals surface area contributed by atoms with Gasteiger partial charge in [0.1, 0.15) is 17.9 Å². The lowest BCUT2D eigenvalue weighted by Crippen LogP contribution is -2.35. The molecule has 8 nitrogen and oxygen atoms in total. The van der Waals surface area contributed by atoms with Gasteiger partial charge in [0.2, 0.25) is 5.91 Å². The number of benzene rings is 2. The Morgan fingerprint density at radius 1 is 1.09 bits per heavy atom. The summed E-state index contributed by atoms with van der Waals surface area (Å²) in [4.78, 5) is 37.2. The van der Waals surface area contributed by atoms with Gasteiger partial charge >= 0.3 is 6.18 Å². The highest BCUT2D eigenvalue weighted by Gasteiger charge is 2.37. The molecule has 11 heteroatoms. The molecule has 2 N–H and O–H groups in total. The van der Waals surface area contributed by atoms with E-state index in [0.29, 0.717) is 40.2 Å². The molecule has 1 fully saturated rings. The van der Waals surface area contributed by atoms with Gasteiger partial charge in [-0.15, -0.1) is 0 Å². The molecule has 0 aliphatic heterocycles. The van der Waals surface area contributed by atoms with E-state index in [0.717, 1.165) is 6.07 Å². The Labute approximate surface area is 197 Å². The number of nitrogens with one attached hydrogen (secondary N) is 2. The summed E-state index contributed by atoms with van der Waals surface area (Å²) in [5.74, 6) is -0.778. The number of para-hydroxylation sites is 2. The zero-order valence-electron chi connectivity index (χ0n) is 18.6. The van der Waals surface area contributed by atoms with E-state index < -0.39 is 35.7 Å². The van der Waals surface area contributed by atoms with Crippen LogP contribution in [0.25, 0.3) is 0 Å². The highest BCUT2D eigenvalue weighted by Crippen LogP contribution is 2.40. The average molecular weight is 486 g/mol. The summed E-state index contributed by atoms with van der Waals surface area (Å²) in [6.07, 6.45) is -3.47. The van der Waals surface area contributed by atoms with Crippen LogP contribution in [0.5, 0.6) is 5.75 Å². The van der Waals surface area contributed by atoms with Crippen LogP contribution in [0.2, 0.25) is 0 Å². The summed E-state index contributed by atoms with van der Waals surface area (Å²) in [5.41, 5.74) is -1.48. The number of aromatic nitrogens is 2. The molecule has 1 aliphatic carbocycles. The molecule has 1 heterocycles. The molecule has 0 spiro atoms. The fourth-order valence-corrected chi connectivity index (χ4v) is 3.44. The lowest BCUT2D eigenvalue weighted by Gasteiger charge is -2.13. The summed E-state index contributed by atoms with van der Waals surface area (Å²) >= 11 is 0. The van der Waals surface area contributed by atoms with Crippen molar-refractivity contribution in [2.75, 3.05) is 17.7 Å². The molecule has 1 saturated carbocycles. The SMILES string of the molecule is COc1ccccc1NC(=O)c1ccc(NC(=O)Cn2nc(C3CC3)cc(C(F)(F)F)c2=O)cc1. The molecular formula is C24H21F3N4O4. The number of amides is 2. The van der Waals surface area contributed by atoms with Gasteiger partial charge < -0.3 is 15.4 Å². The standard InChI is InChI=1S/C24H21F3N4O4/c1-35-20-5-3-2-4-18(20)29-22(33)15-8-10-16(11-9-15)28-21(32)13-31-23(34)17(24(25,26)27)12-19(30-31)14-6-7-14/h2-5,8-12,14H,6-7,13H2,1H3,(H,28,32)(H,29,33). The molecule has 182 valence electrons. The second-order valence-electron chi connectivity index (χ2n) is 8.00. The van der Waals surface area contributed by atoms with Crippen molar-refractivity contribution in [3.63, 3.8) is 0 Å². The minimum atomic E-state index is -4.85. The summed E-state index contributed by atoms with van der Waals surface area (Å²) < 4.78 is 45.6. The van der Waals surface area contributed by atoms with Crippen molar-refractivity contribution >= 4 is 23.2 Å². The number of rotatable bonds is 7. The van der Waals surface area contributed by atoms with Gasteiger partial charge in [0.05, 0.1) is 18.5 Å². The molecule has 0 atom stereocenters. The first-order valence-corrected chi connectivity index (χ1v) is 10.7. The van der Waals surface area contributed by atoms with E-state index in [9.17, 15) is 27.6 Å². The number of anilines is 2. The van der Waals surface area contributed by atoms with Crippen molar-refractivity contribution in [2.24, 2.45) is 0 Å². The number of nitrogens with zero attached hydrogens (tertiary/aromatic N) is 2. The first-order chi connectivity index (χ1) is 16.7. The smallest absolute Gasteiger partial charge is 0.421 e. The van der Waals surface area contributed by atoms with Gasteiger partial charge in [-0.25, -0.2) is 4.68 Å². The number of ether oxygens (including phenoxy) is 1. The van der Waals surface area contributed by atoms with Crippen LogP contribution in [0.1, 0.15) is 40.4 Å². The molecule has 0 radical (unpaired) electrons. The fraction of sp³-hybridized carbons (Fsp3) is 0.250. The number of hydrogen-bond donors (Lipinski definition) is 2. The number of halogens is 3. The van der Waals surface area contributed by atoms with Crippen LogP contribution in [0.4, 0.5) is 24.5 Å². The molecule has 1 aliphatic rings. The second-order valence-corrected chi connectivity index (χ2v) is 8.00. The number of hydrogen-bond acceptors (Lipinski definition) is 5. The van der Waals surface area contributed by atoms with Gasteiger partial charge in [-0.1, -0.05) is 12.1 Å². The van der Waals surface area contributed by atoms with E-state index in [1.165, 1.54) is 31.4 Å². The molecular weight excluding hydrogens is 465 g/mol. The highest BCUT2D eigenvalue weighted by atomic mass is 19.4. The van der Waals surface area contributed by atoms with Gasteiger partial charge in [0.25, 0.3) is 11.5 Å².